The average molecular weight is 487 g/mol. The molecule has 0 heterocycles. The molecule has 0 bridgehead atoms. The number of halogens is 1. The third-order valence-electron chi connectivity index (χ3n) is 4.82. The Morgan fingerprint density at radius 2 is 1.63 bits per heavy atom. The Hall–Kier alpha value is -1.82. The van der Waals surface area contributed by atoms with Gasteiger partial charge in [0.15, 0.2) is 0 Å². The summed E-state index contributed by atoms with van der Waals surface area (Å²) in [6.07, 6.45) is -0.990. The highest BCUT2D eigenvalue weighted by Crippen LogP contribution is 2.40. The van der Waals surface area contributed by atoms with E-state index in [1.165, 1.54) is 0 Å². The quantitative estimate of drug-likeness (QED) is 0.308. The number of thioether (sulfide) groups is 1. The van der Waals surface area contributed by atoms with Crippen molar-refractivity contribution in [3.05, 3.63) is 76.8 Å². The maximum atomic E-state index is 13.2. The molecule has 0 aromatic heterocycles. The van der Waals surface area contributed by atoms with E-state index in [4.69, 9.17) is 4.74 Å². The van der Waals surface area contributed by atoms with Gasteiger partial charge < -0.3 is 9.84 Å². The smallest absolute Gasteiger partial charge is 0.313 e. The number of hydrogen-bond donors (Lipinski definition) is 1. The third kappa shape index (κ3) is 5.45. The zero-order valence-electron chi connectivity index (χ0n) is 17.6. The van der Waals surface area contributed by atoms with Crippen LogP contribution in [0.15, 0.2) is 76.1 Å². The predicted molar refractivity (Wildman–Crippen MR) is 128 cm³/mol. The molecule has 0 unspecified atom stereocenters. The molecule has 1 N–H and O–H groups in total. The molecule has 158 valence electrons. The molecule has 3 rings (SSSR count). The lowest BCUT2D eigenvalue weighted by Crippen LogP contribution is -2.36. The van der Waals surface area contributed by atoms with Gasteiger partial charge in [0.2, 0.25) is 0 Å². The van der Waals surface area contributed by atoms with Gasteiger partial charge in [-0.15, -0.1) is 11.8 Å². The molecule has 0 saturated heterocycles. The molecule has 0 aliphatic rings. The zero-order chi connectivity index (χ0) is 21.9. The fourth-order valence-corrected chi connectivity index (χ4v) is 5.17. The number of esters is 1. The van der Waals surface area contributed by atoms with E-state index in [1.54, 1.807) is 11.8 Å². The summed E-state index contributed by atoms with van der Waals surface area (Å²) in [7, 11) is 0. The van der Waals surface area contributed by atoms with Crippen LogP contribution in [0.1, 0.15) is 39.4 Å². The Morgan fingerprint density at radius 1 is 1.00 bits per heavy atom. The molecule has 3 atom stereocenters. The van der Waals surface area contributed by atoms with Crippen LogP contribution < -0.4 is 0 Å². The molecule has 5 heteroatoms. The first kappa shape index (κ1) is 22.9. The van der Waals surface area contributed by atoms with Gasteiger partial charge in [0, 0.05) is 14.6 Å². The second kappa shape index (κ2) is 9.54. The fraction of sp³-hybridized carbons (Fsp3) is 0.320. The summed E-state index contributed by atoms with van der Waals surface area (Å²) in [6, 6.07) is 21.6. The number of carbonyl (C=O) groups excluding carboxylic acids is 1. The Morgan fingerprint density at radius 3 is 2.33 bits per heavy atom. The number of ether oxygens (including phenoxy) is 1. The van der Waals surface area contributed by atoms with Crippen molar-refractivity contribution in [2.45, 2.75) is 49.5 Å². The van der Waals surface area contributed by atoms with Crippen LogP contribution in [-0.4, -0.2) is 21.9 Å². The number of fused-ring (bicyclic) bond motifs is 1. The van der Waals surface area contributed by atoms with Crippen molar-refractivity contribution < 1.29 is 14.6 Å². The standard InChI is InChI=1S/C25H27BrO3S/c1-16(30-21-15-8-7-14-20(21)26)22(24(28)29-25(2,3)4)23(27)19-13-9-11-17-10-5-6-12-18(17)19/h5-16,22-23,27H,1-4H3/t16-,22-,23-/m0/s1. The number of benzene rings is 3. The summed E-state index contributed by atoms with van der Waals surface area (Å²) in [5.41, 5.74) is 0.106. The van der Waals surface area contributed by atoms with Gasteiger partial charge in [0.1, 0.15) is 5.60 Å². The van der Waals surface area contributed by atoms with Crippen molar-refractivity contribution in [2.75, 3.05) is 0 Å². The third-order valence-corrected chi connectivity index (χ3v) is 7.05. The highest BCUT2D eigenvalue weighted by molar-refractivity contribution is 9.10. The molecule has 3 aromatic rings. The van der Waals surface area contributed by atoms with E-state index in [1.807, 2.05) is 94.4 Å². The number of hydrogen-bond acceptors (Lipinski definition) is 4. The Bertz CT molecular complexity index is 1020. The van der Waals surface area contributed by atoms with Gasteiger partial charge >= 0.3 is 5.97 Å². The maximum Gasteiger partial charge on any atom is 0.313 e. The van der Waals surface area contributed by atoms with E-state index in [2.05, 4.69) is 15.9 Å². The molecule has 3 aromatic carbocycles. The first-order valence-electron chi connectivity index (χ1n) is 9.97. The minimum Gasteiger partial charge on any atom is -0.460 e. The van der Waals surface area contributed by atoms with E-state index in [9.17, 15) is 9.90 Å². The predicted octanol–water partition coefficient (Wildman–Crippen LogP) is 6.77. The monoisotopic (exact) mass is 486 g/mol. The van der Waals surface area contributed by atoms with Gasteiger partial charge in [-0.3, -0.25) is 4.79 Å². The van der Waals surface area contributed by atoms with Crippen LogP contribution in [0.4, 0.5) is 0 Å². The van der Waals surface area contributed by atoms with E-state index >= 15 is 0 Å². The lowest BCUT2D eigenvalue weighted by Gasteiger charge is -2.31. The lowest BCUT2D eigenvalue weighted by atomic mass is 9.89. The maximum absolute atomic E-state index is 13.2. The molecular formula is C25H27BrO3S. The van der Waals surface area contributed by atoms with Crippen molar-refractivity contribution in [1.29, 1.82) is 0 Å². The van der Waals surface area contributed by atoms with Crippen molar-refractivity contribution in [2.24, 2.45) is 5.92 Å². The van der Waals surface area contributed by atoms with Gasteiger partial charge in [0.25, 0.3) is 0 Å². The van der Waals surface area contributed by atoms with Crippen LogP contribution in [-0.2, 0) is 9.53 Å². The summed E-state index contributed by atoms with van der Waals surface area (Å²) in [5, 5.41) is 13.2. The molecule has 0 radical (unpaired) electrons. The first-order chi connectivity index (χ1) is 14.2. The van der Waals surface area contributed by atoms with Gasteiger partial charge in [-0.25, -0.2) is 0 Å². The van der Waals surface area contributed by atoms with Crippen LogP contribution in [0.5, 0.6) is 0 Å². The molecular weight excluding hydrogens is 460 g/mol. The Kier molecular flexibility index (Phi) is 7.27. The van der Waals surface area contributed by atoms with Crippen LogP contribution in [0.3, 0.4) is 0 Å². The van der Waals surface area contributed by atoms with Crippen molar-refractivity contribution in [3.8, 4) is 0 Å². The highest BCUT2D eigenvalue weighted by Gasteiger charge is 2.37. The van der Waals surface area contributed by atoms with E-state index in [0.29, 0.717) is 0 Å². The molecule has 0 aliphatic carbocycles. The molecule has 0 amide bonds. The number of aliphatic hydroxyl groups is 1. The fourth-order valence-electron chi connectivity index (χ4n) is 3.46. The van der Waals surface area contributed by atoms with Crippen LogP contribution in [0.2, 0.25) is 0 Å². The average Bonchev–Trinajstić information content (AvgIpc) is 2.68. The van der Waals surface area contributed by atoms with Gasteiger partial charge in [0.05, 0.1) is 12.0 Å². The number of carbonyl (C=O) groups is 1. The van der Waals surface area contributed by atoms with E-state index in [-0.39, 0.29) is 5.25 Å². The summed E-state index contributed by atoms with van der Waals surface area (Å²) < 4.78 is 6.68. The van der Waals surface area contributed by atoms with E-state index in [0.717, 1.165) is 25.7 Å². The van der Waals surface area contributed by atoms with Gasteiger partial charge in [-0.2, -0.15) is 0 Å². The summed E-state index contributed by atoms with van der Waals surface area (Å²) in [6.45, 7) is 7.50. The lowest BCUT2D eigenvalue weighted by molar-refractivity contribution is -0.164. The van der Waals surface area contributed by atoms with Crippen LogP contribution in [0, 0.1) is 5.92 Å². The van der Waals surface area contributed by atoms with E-state index < -0.39 is 23.6 Å². The molecule has 0 aliphatic heterocycles. The highest BCUT2D eigenvalue weighted by atomic mass is 79.9. The SMILES string of the molecule is C[C@H](Sc1ccccc1Br)[C@H](C(=O)OC(C)(C)C)[C@@H](O)c1cccc2ccccc12. The Balaban J connectivity index is 1.99. The normalized spacial score (nSPS) is 14.9. The summed E-state index contributed by atoms with van der Waals surface area (Å²) in [5.74, 6) is -1.12. The minimum absolute atomic E-state index is 0.215. The second-order valence-electron chi connectivity index (χ2n) is 8.33. The molecule has 0 saturated carbocycles. The molecule has 30 heavy (non-hydrogen) atoms. The topological polar surface area (TPSA) is 46.5 Å². The summed E-state index contributed by atoms with van der Waals surface area (Å²) >= 11 is 5.13. The van der Waals surface area contributed by atoms with Gasteiger partial charge in [-0.1, -0.05) is 61.5 Å². The van der Waals surface area contributed by atoms with Crippen LogP contribution in [0.25, 0.3) is 10.8 Å². The number of rotatable bonds is 6. The van der Waals surface area contributed by atoms with Crippen molar-refractivity contribution in [3.63, 3.8) is 0 Å². The minimum atomic E-state index is -0.990. The molecule has 0 spiro atoms. The van der Waals surface area contributed by atoms with Crippen molar-refractivity contribution in [1.82, 2.24) is 0 Å². The van der Waals surface area contributed by atoms with Crippen molar-refractivity contribution >= 4 is 44.4 Å². The Labute approximate surface area is 191 Å². The second-order valence-corrected chi connectivity index (χ2v) is 10.6. The largest absolute Gasteiger partial charge is 0.460 e. The molecule has 0 fully saturated rings. The van der Waals surface area contributed by atoms with Crippen LogP contribution >= 0.6 is 27.7 Å². The molecule has 3 nitrogen and oxygen atoms in total. The zero-order valence-corrected chi connectivity index (χ0v) is 20.0. The summed E-state index contributed by atoms with van der Waals surface area (Å²) in [4.78, 5) is 14.2. The number of aliphatic hydroxyl groups excluding tert-OH is 1. The first-order valence-corrected chi connectivity index (χ1v) is 11.6. The van der Waals surface area contributed by atoms with Gasteiger partial charge in [-0.05, 0) is 65.2 Å².